The third-order valence-electron chi connectivity index (χ3n) is 2.61. The van der Waals surface area contributed by atoms with Gasteiger partial charge in [-0.2, -0.15) is 18.4 Å². The van der Waals surface area contributed by atoms with Gasteiger partial charge in [0.1, 0.15) is 5.82 Å². The Morgan fingerprint density at radius 3 is 2.32 bits per heavy atom. The lowest BCUT2D eigenvalue weighted by atomic mass is 9.98. The van der Waals surface area contributed by atoms with Gasteiger partial charge >= 0.3 is 6.18 Å². The zero-order valence-corrected chi connectivity index (χ0v) is 9.50. The monoisotopic (exact) mass is 265 g/mol. The van der Waals surface area contributed by atoms with Crippen molar-refractivity contribution in [1.82, 2.24) is 0 Å². The molecule has 0 fully saturated rings. The van der Waals surface area contributed by atoms with Gasteiger partial charge in [0, 0.05) is 5.56 Å². The Hall–Kier alpha value is -2.35. The van der Waals surface area contributed by atoms with Crippen LogP contribution in [-0.2, 0) is 6.18 Å². The van der Waals surface area contributed by atoms with E-state index in [-0.39, 0.29) is 16.7 Å². The number of hydrogen-bond donors (Lipinski definition) is 0. The molecule has 96 valence electrons. The Kier molecular flexibility index (Phi) is 3.26. The van der Waals surface area contributed by atoms with Crippen molar-refractivity contribution in [1.29, 1.82) is 5.26 Å². The summed E-state index contributed by atoms with van der Waals surface area (Å²) in [6.07, 6.45) is -4.51. The average molecular weight is 265 g/mol. The highest BCUT2D eigenvalue weighted by atomic mass is 19.4. The normalized spacial score (nSPS) is 11.1. The minimum atomic E-state index is -4.51. The Bertz CT molecular complexity index is 653. The van der Waals surface area contributed by atoms with Gasteiger partial charge in [-0.3, -0.25) is 0 Å². The predicted molar refractivity (Wildman–Crippen MR) is 61.6 cm³/mol. The van der Waals surface area contributed by atoms with E-state index < -0.39 is 17.6 Å². The molecule has 0 aliphatic rings. The Morgan fingerprint density at radius 1 is 1.00 bits per heavy atom. The van der Waals surface area contributed by atoms with E-state index >= 15 is 0 Å². The number of benzene rings is 2. The molecule has 0 saturated heterocycles. The van der Waals surface area contributed by atoms with Crippen molar-refractivity contribution in [2.24, 2.45) is 0 Å². The molecule has 2 aromatic rings. The van der Waals surface area contributed by atoms with Crippen LogP contribution in [0.2, 0.25) is 0 Å². The van der Waals surface area contributed by atoms with Gasteiger partial charge in [-0.15, -0.1) is 0 Å². The molecule has 1 nitrogen and oxygen atoms in total. The van der Waals surface area contributed by atoms with Crippen LogP contribution in [0.25, 0.3) is 11.1 Å². The molecule has 0 radical (unpaired) electrons. The minimum Gasteiger partial charge on any atom is -0.206 e. The van der Waals surface area contributed by atoms with Gasteiger partial charge in [-0.05, 0) is 29.8 Å². The van der Waals surface area contributed by atoms with Gasteiger partial charge in [-0.1, -0.05) is 18.2 Å². The maximum Gasteiger partial charge on any atom is 0.416 e. The molecule has 0 saturated carbocycles. The number of rotatable bonds is 1. The minimum absolute atomic E-state index is 0.000625. The van der Waals surface area contributed by atoms with Crippen LogP contribution >= 0.6 is 0 Å². The van der Waals surface area contributed by atoms with Gasteiger partial charge in [0.05, 0.1) is 17.2 Å². The van der Waals surface area contributed by atoms with E-state index in [1.807, 2.05) is 0 Å². The van der Waals surface area contributed by atoms with E-state index in [0.717, 1.165) is 18.2 Å². The predicted octanol–water partition coefficient (Wildman–Crippen LogP) is 4.38. The van der Waals surface area contributed by atoms with Crippen LogP contribution in [-0.4, -0.2) is 0 Å². The molecule has 2 rings (SSSR count). The second-order valence-corrected chi connectivity index (χ2v) is 3.85. The summed E-state index contributed by atoms with van der Waals surface area (Å²) in [6.45, 7) is 0. The van der Waals surface area contributed by atoms with Crippen molar-refractivity contribution in [3.8, 4) is 17.2 Å². The fourth-order valence-corrected chi connectivity index (χ4v) is 1.76. The van der Waals surface area contributed by atoms with Crippen LogP contribution in [0.4, 0.5) is 17.6 Å². The Labute approximate surface area is 106 Å². The van der Waals surface area contributed by atoms with Gasteiger partial charge in [0.15, 0.2) is 0 Å². The summed E-state index contributed by atoms with van der Waals surface area (Å²) in [5, 5.41) is 8.89. The first-order valence-electron chi connectivity index (χ1n) is 5.29. The van der Waals surface area contributed by atoms with E-state index in [4.69, 9.17) is 5.26 Å². The standard InChI is InChI=1S/C14H7F4N/c15-12-6-2-4-10(8-19)13(12)9-3-1-5-11(7-9)14(16,17)18/h1-7H. The number of nitrogens with zero attached hydrogens (tertiary/aromatic N) is 1. The highest BCUT2D eigenvalue weighted by molar-refractivity contribution is 5.71. The van der Waals surface area contributed by atoms with Crippen molar-refractivity contribution in [3.05, 3.63) is 59.4 Å². The Morgan fingerprint density at radius 2 is 1.68 bits per heavy atom. The van der Waals surface area contributed by atoms with Crippen molar-refractivity contribution in [2.45, 2.75) is 6.18 Å². The topological polar surface area (TPSA) is 23.8 Å². The summed E-state index contributed by atoms with van der Waals surface area (Å²) >= 11 is 0. The zero-order chi connectivity index (χ0) is 14.0. The first-order valence-corrected chi connectivity index (χ1v) is 5.29. The molecule has 0 spiro atoms. The molecule has 19 heavy (non-hydrogen) atoms. The smallest absolute Gasteiger partial charge is 0.206 e. The molecule has 0 bridgehead atoms. The summed E-state index contributed by atoms with van der Waals surface area (Å²) < 4.78 is 51.5. The lowest BCUT2D eigenvalue weighted by molar-refractivity contribution is -0.137. The van der Waals surface area contributed by atoms with Crippen LogP contribution in [0.1, 0.15) is 11.1 Å². The van der Waals surface area contributed by atoms with Crippen molar-refractivity contribution < 1.29 is 17.6 Å². The Balaban J connectivity index is 2.64. The molecule has 0 unspecified atom stereocenters. The highest BCUT2D eigenvalue weighted by Gasteiger charge is 2.30. The second-order valence-electron chi connectivity index (χ2n) is 3.85. The lowest BCUT2D eigenvalue weighted by Gasteiger charge is -2.10. The van der Waals surface area contributed by atoms with Gasteiger partial charge < -0.3 is 0 Å². The fraction of sp³-hybridized carbons (Fsp3) is 0.0714. The maximum absolute atomic E-state index is 13.7. The van der Waals surface area contributed by atoms with E-state index in [1.165, 1.54) is 24.3 Å². The third kappa shape index (κ3) is 2.58. The van der Waals surface area contributed by atoms with Crippen LogP contribution in [0.5, 0.6) is 0 Å². The summed E-state index contributed by atoms with van der Waals surface area (Å²) in [6, 6.07) is 9.84. The van der Waals surface area contributed by atoms with Gasteiger partial charge in [-0.25, -0.2) is 4.39 Å². The van der Waals surface area contributed by atoms with Crippen molar-refractivity contribution in [2.75, 3.05) is 0 Å². The number of hydrogen-bond acceptors (Lipinski definition) is 1. The molecule has 0 aliphatic carbocycles. The molecule has 5 heteroatoms. The van der Waals surface area contributed by atoms with Gasteiger partial charge in [0.2, 0.25) is 0 Å². The second kappa shape index (κ2) is 4.73. The number of halogens is 4. The first kappa shape index (κ1) is 13.1. The molecule has 0 atom stereocenters. The largest absolute Gasteiger partial charge is 0.416 e. The summed E-state index contributed by atoms with van der Waals surface area (Å²) in [4.78, 5) is 0. The summed E-state index contributed by atoms with van der Waals surface area (Å²) in [7, 11) is 0. The van der Waals surface area contributed by atoms with E-state index in [0.29, 0.717) is 0 Å². The SMILES string of the molecule is N#Cc1cccc(F)c1-c1cccc(C(F)(F)F)c1. The zero-order valence-electron chi connectivity index (χ0n) is 9.50. The van der Waals surface area contributed by atoms with Crippen LogP contribution < -0.4 is 0 Å². The van der Waals surface area contributed by atoms with Crippen LogP contribution in [0, 0.1) is 17.1 Å². The highest BCUT2D eigenvalue weighted by Crippen LogP contribution is 2.33. The van der Waals surface area contributed by atoms with Gasteiger partial charge in [0.25, 0.3) is 0 Å². The molecule has 0 aliphatic heterocycles. The fourth-order valence-electron chi connectivity index (χ4n) is 1.76. The molecular formula is C14H7F4N. The quantitative estimate of drug-likeness (QED) is 0.702. The molecule has 0 heterocycles. The number of nitriles is 1. The molecule has 0 amide bonds. The summed E-state index contributed by atoms with van der Waals surface area (Å²) in [5.74, 6) is -0.724. The third-order valence-corrected chi connectivity index (χ3v) is 2.61. The maximum atomic E-state index is 13.7. The van der Waals surface area contributed by atoms with E-state index in [1.54, 1.807) is 6.07 Å². The first-order chi connectivity index (χ1) is 8.93. The molecular weight excluding hydrogens is 258 g/mol. The molecule has 2 aromatic carbocycles. The summed E-state index contributed by atoms with van der Waals surface area (Å²) in [5.41, 5.74) is -0.961. The lowest BCUT2D eigenvalue weighted by Crippen LogP contribution is -2.04. The van der Waals surface area contributed by atoms with Crippen LogP contribution in [0.15, 0.2) is 42.5 Å². The molecule has 0 N–H and O–H groups in total. The van der Waals surface area contributed by atoms with Crippen LogP contribution in [0.3, 0.4) is 0 Å². The van der Waals surface area contributed by atoms with E-state index in [2.05, 4.69) is 0 Å². The number of alkyl halides is 3. The van der Waals surface area contributed by atoms with Crippen molar-refractivity contribution >= 4 is 0 Å². The molecule has 0 aromatic heterocycles. The van der Waals surface area contributed by atoms with Crippen molar-refractivity contribution in [3.63, 3.8) is 0 Å². The van der Waals surface area contributed by atoms with E-state index in [9.17, 15) is 17.6 Å². The average Bonchev–Trinajstić information content (AvgIpc) is 2.37.